The van der Waals surface area contributed by atoms with Crippen molar-refractivity contribution in [2.45, 2.75) is 32.3 Å². The first-order chi connectivity index (χ1) is 11.5. The topological polar surface area (TPSA) is 42.4 Å². The van der Waals surface area contributed by atoms with Crippen LogP contribution < -0.4 is 0 Å². The number of hydrogen-bond acceptors (Lipinski definition) is 4. The molecule has 1 aromatic heterocycles. The normalized spacial score (nSPS) is 12.4. The second-order valence-corrected chi connectivity index (χ2v) is 6.48. The van der Waals surface area contributed by atoms with Gasteiger partial charge in [0, 0.05) is 17.8 Å². The minimum atomic E-state index is -0.278. The first kappa shape index (κ1) is 18.1. The van der Waals surface area contributed by atoms with Crippen LogP contribution in [0.4, 0.5) is 0 Å². The zero-order chi connectivity index (χ0) is 17.5. The van der Waals surface area contributed by atoms with Gasteiger partial charge in [-0.25, -0.2) is 4.79 Å². The standard InChI is InChI=1S/C20H26N2O2/c1-15(2)24-20(23)17-10-8-16(9-11-17)18(12-14-22(3)4)19-7-5-6-13-21-19/h5-11,13,15,18H,12,14H2,1-4H3. The van der Waals surface area contributed by atoms with Gasteiger partial charge in [0.15, 0.2) is 0 Å². The molecule has 0 aliphatic heterocycles. The Balaban J connectivity index is 2.21. The molecule has 2 aromatic rings. The monoisotopic (exact) mass is 326 g/mol. The van der Waals surface area contributed by atoms with Crippen molar-refractivity contribution in [1.82, 2.24) is 9.88 Å². The number of aromatic nitrogens is 1. The number of esters is 1. The third-order valence-electron chi connectivity index (χ3n) is 3.80. The van der Waals surface area contributed by atoms with Crippen molar-refractivity contribution in [3.05, 3.63) is 65.5 Å². The van der Waals surface area contributed by atoms with Gasteiger partial charge in [0.1, 0.15) is 0 Å². The smallest absolute Gasteiger partial charge is 0.338 e. The molecule has 24 heavy (non-hydrogen) atoms. The van der Waals surface area contributed by atoms with Crippen LogP contribution in [0.5, 0.6) is 0 Å². The molecule has 4 nitrogen and oxygen atoms in total. The van der Waals surface area contributed by atoms with Crippen molar-refractivity contribution in [3.63, 3.8) is 0 Å². The van der Waals surface area contributed by atoms with Crippen LogP contribution in [-0.2, 0) is 4.74 Å². The molecule has 0 fully saturated rings. The van der Waals surface area contributed by atoms with Gasteiger partial charge in [-0.2, -0.15) is 0 Å². The number of carbonyl (C=O) groups excluding carboxylic acids is 1. The Hall–Kier alpha value is -2.20. The summed E-state index contributed by atoms with van der Waals surface area (Å²) < 4.78 is 5.24. The number of benzene rings is 1. The van der Waals surface area contributed by atoms with E-state index in [0.29, 0.717) is 5.56 Å². The Morgan fingerprint density at radius 1 is 1.12 bits per heavy atom. The molecule has 2 rings (SSSR count). The van der Waals surface area contributed by atoms with Crippen molar-refractivity contribution in [3.8, 4) is 0 Å². The summed E-state index contributed by atoms with van der Waals surface area (Å²) in [5, 5.41) is 0. The lowest BCUT2D eigenvalue weighted by molar-refractivity contribution is 0.0378. The molecule has 0 spiro atoms. The molecule has 0 bridgehead atoms. The van der Waals surface area contributed by atoms with Crippen LogP contribution in [0.25, 0.3) is 0 Å². The molecule has 0 saturated carbocycles. The maximum atomic E-state index is 12.0. The lowest BCUT2D eigenvalue weighted by Crippen LogP contribution is -2.17. The van der Waals surface area contributed by atoms with E-state index in [1.165, 1.54) is 0 Å². The highest BCUT2D eigenvalue weighted by molar-refractivity contribution is 5.89. The van der Waals surface area contributed by atoms with E-state index in [1.807, 2.05) is 56.4 Å². The van der Waals surface area contributed by atoms with Crippen LogP contribution in [0, 0.1) is 0 Å². The van der Waals surface area contributed by atoms with Crippen molar-refractivity contribution >= 4 is 5.97 Å². The second kappa shape index (κ2) is 8.60. The van der Waals surface area contributed by atoms with Gasteiger partial charge in [0.05, 0.1) is 11.7 Å². The maximum absolute atomic E-state index is 12.0. The number of pyridine rings is 1. The summed E-state index contributed by atoms with van der Waals surface area (Å²) in [5.41, 5.74) is 2.80. The fraction of sp³-hybridized carbons (Fsp3) is 0.400. The van der Waals surface area contributed by atoms with Crippen molar-refractivity contribution in [2.24, 2.45) is 0 Å². The first-order valence-electron chi connectivity index (χ1n) is 8.34. The first-order valence-corrected chi connectivity index (χ1v) is 8.34. The fourth-order valence-electron chi connectivity index (χ4n) is 2.59. The van der Waals surface area contributed by atoms with Gasteiger partial charge >= 0.3 is 5.97 Å². The van der Waals surface area contributed by atoms with E-state index in [-0.39, 0.29) is 18.0 Å². The average Bonchev–Trinajstić information content (AvgIpc) is 2.55. The molecule has 1 heterocycles. The molecule has 0 aliphatic rings. The van der Waals surface area contributed by atoms with E-state index < -0.39 is 0 Å². The summed E-state index contributed by atoms with van der Waals surface area (Å²) in [5.74, 6) is -0.0667. The number of carbonyl (C=O) groups is 1. The zero-order valence-electron chi connectivity index (χ0n) is 14.9. The Kier molecular flexibility index (Phi) is 6.50. The summed E-state index contributed by atoms with van der Waals surface area (Å²) in [6.45, 7) is 4.67. The summed E-state index contributed by atoms with van der Waals surface area (Å²) in [7, 11) is 4.14. The highest BCUT2D eigenvalue weighted by atomic mass is 16.5. The molecule has 4 heteroatoms. The molecule has 128 valence electrons. The van der Waals surface area contributed by atoms with Gasteiger partial charge in [-0.15, -0.1) is 0 Å². The zero-order valence-corrected chi connectivity index (χ0v) is 14.9. The Morgan fingerprint density at radius 2 is 1.83 bits per heavy atom. The molecule has 0 radical (unpaired) electrons. The van der Waals surface area contributed by atoms with Crippen molar-refractivity contribution < 1.29 is 9.53 Å². The van der Waals surface area contributed by atoms with Gasteiger partial charge < -0.3 is 9.64 Å². The Labute approximate surface area is 144 Å². The molecule has 0 amide bonds. The molecule has 1 aromatic carbocycles. The fourth-order valence-corrected chi connectivity index (χ4v) is 2.59. The second-order valence-electron chi connectivity index (χ2n) is 6.48. The molecule has 0 saturated heterocycles. The minimum absolute atomic E-state index is 0.112. The Bertz CT molecular complexity index is 636. The van der Waals surface area contributed by atoms with Gasteiger partial charge in [-0.1, -0.05) is 18.2 Å². The summed E-state index contributed by atoms with van der Waals surface area (Å²) >= 11 is 0. The van der Waals surface area contributed by atoms with Crippen LogP contribution in [0.3, 0.4) is 0 Å². The number of nitrogens with zero attached hydrogens (tertiary/aromatic N) is 2. The van der Waals surface area contributed by atoms with Gasteiger partial charge in [-0.05, 0) is 70.7 Å². The van der Waals surface area contributed by atoms with Crippen LogP contribution in [0.2, 0.25) is 0 Å². The van der Waals surface area contributed by atoms with Crippen LogP contribution >= 0.6 is 0 Å². The number of hydrogen-bond donors (Lipinski definition) is 0. The Morgan fingerprint density at radius 3 is 2.38 bits per heavy atom. The molecule has 1 atom stereocenters. The number of rotatable bonds is 7. The average molecular weight is 326 g/mol. The number of ether oxygens (including phenoxy) is 1. The van der Waals surface area contributed by atoms with E-state index in [0.717, 1.165) is 24.2 Å². The molecule has 0 aliphatic carbocycles. The van der Waals surface area contributed by atoms with Crippen LogP contribution in [0.1, 0.15) is 47.8 Å². The third-order valence-corrected chi connectivity index (χ3v) is 3.80. The lowest BCUT2D eigenvalue weighted by atomic mass is 9.91. The van der Waals surface area contributed by atoms with Gasteiger partial charge in [-0.3, -0.25) is 4.98 Å². The predicted octanol–water partition coefficient (Wildman–Crippen LogP) is 3.73. The largest absolute Gasteiger partial charge is 0.459 e. The molecular weight excluding hydrogens is 300 g/mol. The lowest BCUT2D eigenvalue weighted by Gasteiger charge is -2.19. The van der Waals surface area contributed by atoms with E-state index in [9.17, 15) is 4.79 Å². The quantitative estimate of drug-likeness (QED) is 0.727. The van der Waals surface area contributed by atoms with Crippen molar-refractivity contribution in [1.29, 1.82) is 0 Å². The predicted molar refractivity (Wildman–Crippen MR) is 96.2 cm³/mol. The SMILES string of the molecule is CC(C)OC(=O)c1ccc(C(CCN(C)C)c2ccccn2)cc1. The molecular formula is C20H26N2O2. The van der Waals surface area contributed by atoms with E-state index in [2.05, 4.69) is 30.0 Å². The summed E-state index contributed by atoms with van der Waals surface area (Å²) in [4.78, 5) is 18.7. The van der Waals surface area contributed by atoms with Crippen LogP contribution in [0.15, 0.2) is 48.7 Å². The minimum Gasteiger partial charge on any atom is -0.459 e. The van der Waals surface area contributed by atoms with Gasteiger partial charge in [0.25, 0.3) is 0 Å². The maximum Gasteiger partial charge on any atom is 0.338 e. The highest BCUT2D eigenvalue weighted by Crippen LogP contribution is 2.27. The van der Waals surface area contributed by atoms with Crippen LogP contribution in [-0.4, -0.2) is 42.6 Å². The highest BCUT2D eigenvalue weighted by Gasteiger charge is 2.17. The molecule has 1 unspecified atom stereocenters. The summed E-state index contributed by atoms with van der Waals surface area (Å²) in [6, 6.07) is 13.7. The van der Waals surface area contributed by atoms with Gasteiger partial charge in [0.2, 0.25) is 0 Å². The molecule has 0 N–H and O–H groups in total. The van der Waals surface area contributed by atoms with Crippen molar-refractivity contribution in [2.75, 3.05) is 20.6 Å². The third kappa shape index (κ3) is 5.17. The van der Waals surface area contributed by atoms with E-state index in [4.69, 9.17) is 4.74 Å². The summed E-state index contributed by atoms with van der Waals surface area (Å²) in [6.07, 6.45) is 2.69. The van der Waals surface area contributed by atoms with E-state index in [1.54, 1.807) is 0 Å². The van der Waals surface area contributed by atoms with E-state index >= 15 is 0 Å².